The van der Waals surface area contributed by atoms with Crippen LogP contribution in [0.5, 0.6) is 0 Å². The van der Waals surface area contributed by atoms with Crippen molar-refractivity contribution < 1.29 is 9.13 Å². The van der Waals surface area contributed by atoms with Crippen LogP contribution in [0, 0.1) is 0 Å². The molecule has 1 aromatic heterocycles. The van der Waals surface area contributed by atoms with Crippen LogP contribution >= 0.6 is 15.9 Å². The largest absolute Gasteiger partial charge is 0.383 e. The van der Waals surface area contributed by atoms with Gasteiger partial charge in [0, 0.05) is 19.6 Å². The van der Waals surface area contributed by atoms with E-state index in [0.29, 0.717) is 25.3 Å². The molecule has 20 heavy (non-hydrogen) atoms. The summed E-state index contributed by atoms with van der Waals surface area (Å²) in [5.74, 6) is 0. The van der Waals surface area contributed by atoms with Crippen molar-refractivity contribution in [3.63, 3.8) is 0 Å². The fourth-order valence-electron chi connectivity index (χ4n) is 2.89. The second kappa shape index (κ2) is 7.00. The molecule has 2 heterocycles. The number of nitrogens with zero attached hydrogens (tertiary/aromatic N) is 2. The lowest BCUT2D eigenvalue weighted by atomic mass is 9.90. The molecule has 0 aliphatic carbocycles. The number of halogens is 2. The average molecular weight is 348 g/mol. The number of aromatic nitrogens is 2. The number of hydrogen-bond acceptors (Lipinski definition) is 3. The maximum atomic E-state index is 15.2. The Morgan fingerprint density at radius 1 is 1.60 bits per heavy atom. The molecule has 0 bridgehead atoms. The molecule has 1 fully saturated rings. The van der Waals surface area contributed by atoms with Gasteiger partial charge in [-0.25, -0.2) is 4.39 Å². The number of methoxy groups -OCH3 is 1. The monoisotopic (exact) mass is 347 g/mol. The summed E-state index contributed by atoms with van der Waals surface area (Å²) >= 11 is 3.43. The van der Waals surface area contributed by atoms with Crippen LogP contribution in [0.2, 0.25) is 0 Å². The van der Waals surface area contributed by atoms with Crippen LogP contribution in [0.15, 0.2) is 10.7 Å². The first-order valence-electron chi connectivity index (χ1n) is 7.17. The predicted octanol–water partition coefficient (Wildman–Crippen LogP) is 3.01. The third-order valence-electron chi connectivity index (χ3n) is 3.84. The van der Waals surface area contributed by atoms with Gasteiger partial charge in [-0.2, -0.15) is 5.10 Å². The summed E-state index contributed by atoms with van der Waals surface area (Å²) in [6.45, 7) is 3.73. The second-order valence-electron chi connectivity index (χ2n) is 5.61. The van der Waals surface area contributed by atoms with E-state index in [1.54, 1.807) is 24.9 Å². The van der Waals surface area contributed by atoms with Gasteiger partial charge in [0.25, 0.3) is 0 Å². The van der Waals surface area contributed by atoms with Crippen molar-refractivity contribution in [2.24, 2.45) is 0 Å². The summed E-state index contributed by atoms with van der Waals surface area (Å²) in [6.07, 6.45) is 5.55. The molecule has 2 atom stereocenters. The summed E-state index contributed by atoms with van der Waals surface area (Å²) < 4.78 is 22.7. The number of hydrogen-bond donors (Lipinski definition) is 1. The Morgan fingerprint density at radius 3 is 3.05 bits per heavy atom. The zero-order valence-corrected chi connectivity index (χ0v) is 13.7. The summed E-state index contributed by atoms with van der Waals surface area (Å²) in [6, 6.07) is 0.247. The lowest BCUT2D eigenvalue weighted by Gasteiger charge is -2.30. The topological polar surface area (TPSA) is 39.1 Å². The minimum atomic E-state index is -1.40. The van der Waals surface area contributed by atoms with Gasteiger partial charge in [0.1, 0.15) is 0 Å². The highest BCUT2D eigenvalue weighted by molar-refractivity contribution is 9.10. The highest BCUT2D eigenvalue weighted by Crippen LogP contribution is 2.36. The standard InChI is InChI=1S/C14H23BrFN3O/c1-14(16,9-11-5-3-4-6-17-11)13-12(15)10-18-19(13)7-8-20-2/h10-11,17H,3-9H2,1-2H3. The zero-order chi connectivity index (χ0) is 14.6. The van der Waals surface area contributed by atoms with Gasteiger partial charge in [-0.15, -0.1) is 0 Å². The average Bonchev–Trinajstić information content (AvgIpc) is 2.79. The number of ether oxygens (including phenoxy) is 1. The molecule has 1 aliphatic heterocycles. The van der Waals surface area contributed by atoms with Crippen LogP contribution in [0.4, 0.5) is 4.39 Å². The van der Waals surface area contributed by atoms with Gasteiger partial charge in [-0.3, -0.25) is 4.68 Å². The molecule has 2 unspecified atom stereocenters. The molecule has 1 N–H and O–H groups in total. The molecule has 1 saturated heterocycles. The first-order chi connectivity index (χ1) is 9.54. The van der Waals surface area contributed by atoms with Crippen molar-refractivity contribution in [1.29, 1.82) is 0 Å². The van der Waals surface area contributed by atoms with E-state index < -0.39 is 5.67 Å². The molecule has 1 aromatic rings. The summed E-state index contributed by atoms with van der Waals surface area (Å²) in [5, 5.41) is 7.65. The van der Waals surface area contributed by atoms with Crippen molar-refractivity contribution in [2.75, 3.05) is 20.3 Å². The Labute approximate surface area is 128 Å². The van der Waals surface area contributed by atoms with E-state index in [4.69, 9.17) is 4.74 Å². The molecule has 0 spiro atoms. The van der Waals surface area contributed by atoms with Crippen LogP contribution in [0.3, 0.4) is 0 Å². The fraction of sp³-hybridized carbons (Fsp3) is 0.786. The number of nitrogens with one attached hydrogen (secondary N) is 1. The summed E-state index contributed by atoms with van der Waals surface area (Å²) in [5.41, 5.74) is -0.792. The molecule has 0 amide bonds. The van der Waals surface area contributed by atoms with Gasteiger partial charge in [0.2, 0.25) is 0 Å². The van der Waals surface area contributed by atoms with Crippen molar-refractivity contribution in [3.05, 3.63) is 16.4 Å². The van der Waals surface area contributed by atoms with Crippen molar-refractivity contribution >= 4 is 15.9 Å². The first kappa shape index (κ1) is 15.9. The fourth-order valence-corrected chi connectivity index (χ4v) is 3.60. The Balaban J connectivity index is 2.12. The van der Waals surface area contributed by atoms with Gasteiger partial charge < -0.3 is 10.1 Å². The Kier molecular flexibility index (Phi) is 5.57. The van der Waals surface area contributed by atoms with Gasteiger partial charge >= 0.3 is 0 Å². The summed E-state index contributed by atoms with van der Waals surface area (Å²) in [4.78, 5) is 0. The van der Waals surface area contributed by atoms with E-state index in [-0.39, 0.29) is 6.04 Å². The quantitative estimate of drug-likeness (QED) is 0.859. The molecule has 0 aromatic carbocycles. The van der Waals surface area contributed by atoms with E-state index in [1.165, 1.54) is 12.8 Å². The predicted molar refractivity (Wildman–Crippen MR) is 80.5 cm³/mol. The Hall–Kier alpha value is -0.460. The Morgan fingerprint density at radius 2 is 2.40 bits per heavy atom. The SMILES string of the molecule is COCCn1ncc(Br)c1C(C)(F)CC1CCCCN1. The van der Waals surface area contributed by atoms with Crippen LogP contribution in [-0.4, -0.2) is 36.1 Å². The molecule has 1 aliphatic rings. The molecule has 0 saturated carbocycles. The third kappa shape index (κ3) is 3.80. The van der Waals surface area contributed by atoms with Crippen LogP contribution < -0.4 is 5.32 Å². The normalized spacial score (nSPS) is 22.7. The van der Waals surface area contributed by atoms with E-state index >= 15 is 4.39 Å². The van der Waals surface area contributed by atoms with E-state index in [9.17, 15) is 0 Å². The van der Waals surface area contributed by atoms with Crippen molar-refractivity contribution in [2.45, 2.75) is 50.9 Å². The second-order valence-corrected chi connectivity index (χ2v) is 6.46. The molecular weight excluding hydrogens is 325 g/mol. The Bertz CT molecular complexity index is 430. The highest BCUT2D eigenvalue weighted by Gasteiger charge is 2.35. The van der Waals surface area contributed by atoms with Gasteiger partial charge in [-0.1, -0.05) is 6.42 Å². The number of rotatable bonds is 6. The van der Waals surface area contributed by atoms with Gasteiger partial charge in [0.05, 0.1) is 29.5 Å². The molecule has 6 heteroatoms. The molecular formula is C14H23BrFN3O. The highest BCUT2D eigenvalue weighted by atomic mass is 79.9. The van der Waals surface area contributed by atoms with Gasteiger partial charge in [-0.05, 0) is 42.2 Å². The van der Waals surface area contributed by atoms with E-state index in [2.05, 4.69) is 26.3 Å². The van der Waals surface area contributed by atoms with E-state index in [1.807, 2.05) is 0 Å². The first-order valence-corrected chi connectivity index (χ1v) is 7.97. The minimum Gasteiger partial charge on any atom is -0.383 e. The number of piperidine rings is 1. The lowest BCUT2D eigenvalue weighted by molar-refractivity contribution is 0.126. The van der Waals surface area contributed by atoms with Crippen LogP contribution in [0.25, 0.3) is 0 Å². The van der Waals surface area contributed by atoms with Crippen LogP contribution in [0.1, 0.15) is 38.3 Å². The van der Waals surface area contributed by atoms with Crippen LogP contribution in [-0.2, 0) is 17.0 Å². The lowest BCUT2D eigenvalue weighted by Crippen LogP contribution is -2.39. The molecule has 114 valence electrons. The minimum absolute atomic E-state index is 0.247. The van der Waals surface area contributed by atoms with Crippen molar-refractivity contribution in [3.8, 4) is 0 Å². The number of alkyl halides is 1. The maximum absolute atomic E-state index is 15.2. The van der Waals surface area contributed by atoms with Gasteiger partial charge in [0.15, 0.2) is 5.67 Å². The van der Waals surface area contributed by atoms with Crippen molar-refractivity contribution in [1.82, 2.24) is 15.1 Å². The zero-order valence-electron chi connectivity index (χ0n) is 12.2. The molecule has 2 rings (SSSR count). The maximum Gasteiger partial charge on any atom is 0.152 e. The van der Waals surface area contributed by atoms with E-state index in [0.717, 1.165) is 17.4 Å². The third-order valence-corrected chi connectivity index (χ3v) is 4.42. The summed E-state index contributed by atoms with van der Waals surface area (Å²) in [7, 11) is 1.64. The molecule has 0 radical (unpaired) electrons. The molecule has 4 nitrogen and oxygen atoms in total. The smallest absolute Gasteiger partial charge is 0.152 e.